The van der Waals surface area contributed by atoms with Gasteiger partial charge in [-0.3, -0.25) is 0 Å². The van der Waals surface area contributed by atoms with E-state index in [2.05, 4.69) is 79.0 Å². The minimum atomic E-state index is -2.28. The molecular formula is C39H39NO11S. The van der Waals surface area contributed by atoms with Gasteiger partial charge >= 0.3 is 23.9 Å². The molecule has 12 nitrogen and oxygen atoms in total. The Kier molecular flexibility index (Phi) is 14.1. The van der Waals surface area contributed by atoms with Crippen LogP contribution < -0.4 is 14.2 Å². The first-order valence-electron chi connectivity index (χ1n) is 16.0. The predicted molar refractivity (Wildman–Crippen MR) is 194 cm³/mol. The van der Waals surface area contributed by atoms with Gasteiger partial charge in [0.15, 0.2) is 0 Å². The fraction of sp³-hybridized carbons (Fsp3) is 0.231. The molecule has 0 fully saturated rings. The monoisotopic (exact) mass is 729 g/mol. The van der Waals surface area contributed by atoms with Crippen molar-refractivity contribution in [3.63, 3.8) is 0 Å². The fourth-order valence-electron chi connectivity index (χ4n) is 4.87. The molecule has 0 aliphatic heterocycles. The summed E-state index contributed by atoms with van der Waals surface area (Å²) in [6.45, 7) is 1.01. The Balaban J connectivity index is 0.000000243. The van der Waals surface area contributed by atoms with Crippen molar-refractivity contribution in [2.24, 2.45) is 0 Å². The van der Waals surface area contributed by atoms with E-state index in [9.17, 15) is 29.4 Å². The van der Waals surface area contributed by atoms with Gasteiger partial charge in [0.05, 0.1) is 25.3 Å². The number of fused-ring (bicyclic) bond motifs is 1. The first-order valence-corrected chi connectivity index (χ1v) is 16.9. The predicted octanol–water partition coefficient (Wildman–Crippen LogP) is 6.60. The SMILES string of the molecule is CN(C)CC[C@H](Oc1cccc2ccccc12)c1cccs1.COc1ccc(C(=O)OC(C(=O)O)C(OC(=O)c2ccc(OC)cc2)C(=O)O)cc1. The van der Waals surface area contributed by atoms with Gasteiger partial charge in [0.2, 0.25) is 12.2 Å². The zero-order valence-electron chi connectivity index (χ0n) is 29.0. The molecule has 2 unspecified atom stereocenters. The van der Waals surface area contributed by atoms with Crippen molar-refractivity contribution in [3.8, 4) is 17.2 Å². The number of hydrogen-bond donors (Lipinski definition) is 2. The molecule has 0 aliphatic rings. The van der Waals surface area contributed by atoms with Gasteiger partial charge in [0, 0.05) is 23.2 Å². The summed E-state index contributed by atoms with van der Waals surface area (Å²) < 4.78 is 25.9. The Morgan fingerprint density at radius 1 is 0.673 bits per heavy atom. The summed E-state index contributed by atoms with van der Waals surface area (Å²) in [6, 6.07) is 29.9. The second-order valence-corrected chi connectivity index (χ2v) is 12.5. The molecule has 2 N–H and O–H groups in total. The Labute approximate surface area is 304 Å². The highest BCUT2D eigenvalue weighted by Gasteiger charge is 2.41. The van der Waals surface area contributed by atoms with Crippen molar-refractivity contribution in [1.29, 1.82) is 0 Å². The van der Waals surface area contributed by atoms with Crippen LogP contribution in [0.15, 0.2) is 109 Å². The number of methoxy groups -OCH3 is 2. The summed E-state index contributed by atoms with van der Waals surface area (Å²) in [4.78, 5) is 51.1. The topological polar surface area (TPSA) is 158 Å². The third kappa shape index (κ3) is 10.8. The van der Waals surface area contributed by atoms with Gasteiger partial charge in [0.25, 0.3) is 0 Å². The van der Waals surface area contributed by atoms with Gasteiger partial charge in [-0.1, -0.05) is 42.5 Å². The average Bonchev–Trinajstić information content (AvgIpc) is 3.70. The molecule has 272 valence electrons. The molecule has 5 aromatic rings. The average molecular weight is 730 g/mol. The van der Waals surface area contributed by atoms with E-state index in [1.807, 2.05) is 0 Å². The summed E-state index contributed by atoms with van der Waals surface area (Å²) in [7, 11) is 7.04. The van der Waals surface area contributed by atoms with E-state index in [1.54, 1.807) is 11.3 Å². The molecule has 1 heterocycles. The summed E-state index contributed by atoms with van der Waals surface area (Å²) in [6.07, 6.45) is -3.47. The van der Waals surface area contributed by atoms with E-state index in [0.717, 1.165) is 18.7 Å². The number of ether oxygens (including phenoxy) is 5. The van der Waals surface area contributed by atoms with Crippen LogP contribution in [-0.4, -0.2) is 86.1 Å². The quantitative estimate of drug-likeness (QED) is 0.112. The number of nitrogens with zero attached hydrogens (tertiary/aromatic N) is 1. The molecule has 0 bridgehead atoms. The van der Waals surface area contributed by atoms with Crippen LogP contribution in [0, 0.1) is 0 Å². The first kappa shape index (κ1) is 38.9. The fourth-order valence-corrected chi connectivity index (χ4v) is 5.65. The first-order chi connectivity index (χ1) is 25.0. The number of carboxylic acids is 2. The van der Waals surface area contributed by atoms with E-state index in [-0.39, 0.29) is 17.2 Å². The molecule has 3 atom stereocenters. The number of esters is 2. The Morgan fingerprint density at radius 2 is 1.19 bits per heavy atom. The van der Waals surface area contributed by atoms with Crippen LogP contribution in [0.1, 0.15) is 38.1 Å². The largest absolute Gasteiger partial charge is 0.497 e. The van der Waals surface area contributed by atoms with Crippen LogP contribution in [-0.2, 0) is 19.1 Å². The number of benzene rings is 4. The zero-order chi connectivity index (χ0) is 37.6. The summed E-state index contributed by atoms with van der Waals surface area (Å²) in [5.74, 6) is -3.97. The van der Waals surface area contributed by atoms with E-state index < -0.39 is 36.1 Å². The van der Waals surface area contributed by atoms with Gasteiger partial charge < -0.3 is 38.8 Å². The molecule has 13 heteroatoms. The van der Waals surface area contributed by atoms with Gasteiger partial charge in [-0.25, -0.2) is 19.2 Å². The van der Waals surface area contributed by atoms with Gasteiger partial charge in [-0.15, -0.1) is 11.3 Å². The molecule has 0 spiro atoms. The van der Waals surface area contributed by atoms with Crippen molar-refractivity contribution in [2.45, 2.75) is 24.7 Å². The Hall–Kier alpha value is -5.92. The number of thiophene rings is 1. The van der Waals surface area contributed by atoms with Crippen LogP contribution in [0.25, 0.3) is 10.8 Å². The molecule has 0 radical (unpaired) electrons. The summed E-state index contributed by atoms with van der Waals surface area (Å²) in [5, 5.41) is 23.2. The number of hydrogen-bond acceptors (Lipinski definition) is 11. The minimum absolute atomic E-state index is 0.0485. The zero-order valence-corrected chi connectivity index (χ0v) is 29.8. The van der Waals surface area contributed by atoms with Gasteiger partial charge in [-0.05, 0) is 85.5 Å². The number of carboxylic acid groups (broad SMARTS) is 2. The highest BCUT2D eigenvalue weighted by atomic mass is 32.1. The maximum Gasteiger partial charge on any atom is 0.349 e. The maximum atomic E-state index is 12.2. The number of carbonyl (C=O) groups is 4. The standard InChI is InChI=1S/C20H18O10.C19H21NOS/c1-27-13-7-3-11(4-8-13)19(25)29-15(17(21)22)16(18(23)24)30-20(26)12-5-9-14(28-2)10-6-12;1-20(2)13-12-18(19-11-6-14-22-19)21-17-10-5-8-15-7-3-4-9-16(15)17/h3-10,15-16H,1-2H3,(H,21,22)(H,23,24);3-11,14,18H,12-13H2,1-2H3/t;18-/m.0/s1. The maximum absolute atomic E-state index is 12.2. The lowest BCUT2D eigenvalue weighted by molar-refractivity contribution is -0.166. The minimum Gasteiger partial charge on any atom is -0.497 e. The second-order valence-electron chi connectivity index (χ2n) is 11.5. The van der Waals surface area contributed by atoms with E-state index in [4.69, 9.17) is 23.7 Å². The molecular weight excluding hydrogens is 690 g/mol. The van der Waals surface area contributed by atoms with E-state index >= 15 is 0 Å². The number of carbonyl (C=O) groups excluding carboxylic acids is 2. The molecule has 0 aliphatic carbocycles. The molecule has 4 aromatic carbocycles. The third-order valence-electron chi connectivity index (χ3n) is 7.60. The third-order valence-corrected chi connectivity index (χ3v) is 8.56. The van der Waals surface area contributed by atoms with E-state index in [0.29, 0.717) is 11.5 Å². The summed E-state index contributed by atoms with van der Waals surface area (Å²) in [5.41, 5.74) is -0.0969. The highest BCUT2D eigenvalue weighted by molar-refractivity contribution is 7.10. The van der Waals surface area contributed by atoms with E-state index in [1.165, 1.54) is 78.4 Å². The second kappa shape index (κ2) is 18.9. The Bertz CT molecular complexity index is 1840. The van der Waals surface area contributed by atoms with Crippen molar-refractivity contribution in [1.82, 2.24) is 4.90 Å². The molecule has 5 rings (SSSR count). The summed E-state index contributed by atoms with van der Waals surface area (Å²) >= 11 is 1.76. The van der Waals surface area contributed by atoms with Crippen molar-refractivity contribution in [3.05, 3.63) is 125 Å². The number of aliphatic carboxylic acids is 2. The van der Waals surface area contributed by atoms with Crippen LogP contribution in [0.5, 0.6) is 17.2 Å². The highest BCUT2D eigenvalue weighted by Crippen LogP contribution is 2.33. The van der Waals surface area contributed by atoms with Gasteiger partial charge in [-0.2, -0.15) is 0 Å². The Morgan fingerprint density at radius 3 is 1.65 bits per heavy atom. The molecule has 1 aromatic heterocycles. The van der Waals surface area contributed by atoms with Crippen LogP contribution in [0.3, 0.4) is 0 Å². The van der Waals surface area contributed by atoms with Crippen molar-refractivity contribution < 1.29 is 53.1 Å². The van der Waals surface area contributed by atoms with Gasteiger partial charge in [0.1, 0.15) is 23.4 Å². The van der Waals surface area contributed by atoms with Crippen LogP contribution in [0.4, 0.5) is 0 Å². The lowest BCUT2D eigenvalue weighted by Gasteiger charge is -2.21. The van der Waals surface area contributed by atoms with Crippen LogP contribution >= 0.6 is 11.3 Å². The van der Waals surface area contributed by atoms with Crippen LogP contribution in [0.2, 0.25) is 0 Å². The molecule has 0 amide bonds. The molecule has 0 saturated carbocycles. The molecule has 0 saturated heterocycles. The number of rotatable bonds is 15. The molecule has 52 heavy (non-hydrogen) atoms. The van der Waals surface area contributed by atoms with Crippen molar-refractivity contribution >= 4 is 46.0 Å². The smallest absolute Gasteiger partial charge is 0.349 e. The van der Waals surface area contributed by atoms with Crippen molar-refractivity contribution in [2.75, 3.05) is 34.9 Å². The normalized spacial score (nSPS) is 12.4. The lowest BCUT2D eigenvalue weighted by Crippen LogP contribution is -2.45. The lowest BCUT2D eigenvalue weighted by atomic mass is 10.1.